The van der Waals surface area contributed by atoms with Crippen molar-refractivity contribution in [3.05, 3.63) is 23.8 Å². The van der Waals surface area contributed by atoms with E-state index in [1.807, 2.05) is 18.2 Å². The number of rotatable bonds is 8. The summed E-state index contributed by atoms with van der Waals surface area (Å²) in [6.45, 7) is 5.94. The Morgan fingerprint density at radius 2 is 2.00 bits per heavy atom. The second-order valence-electron chi connectivity index (χ2n) is 7.05. The fraction of sp³-hybridized carbons (Fsp3) is 0.600. The second-order valence-corrected chi connectivity index (χ2v) is 7.05. The molecule has 0 aromatic heterocycles. The predicted octanol–water partition coefficient (Wildman–Crippen LogP) is 1.37. The molecule has 160 valence electrons. The number of hydrogen-bond donors (Lipinski definition) is 1. The quantitative estimate of drug-likeness (QED) is 0.702. The van der Waals surface area contributed by atoms with Crippen LogP contribution in [0.2, 0.25) is 0 Å². The van der Waals surface area contributed by atoms with Crippen molar-refractivity contribution >= 4 is 12.1 Å². The number of hydrogen-bond acceptors (Lipinski definition) is 6. The first-order chi connectivity index (χ1) is 14.1. The van der Waals surface area contributed by atoms with E-state index in [4.69, 9.17) is 14.2 Å². The van der Waals surface area contributed by atoms with Gasteiger partial charge in [-0.25, -0.2) is 14.5 Å². The molecule has 0 aliphatic carbocycles. The molecule has 0 saturated carbocycles. The number of benzene rings is 1. The number of nitrogens with one attached hydrogen (secondary N) is 1. The van der Waals surface area contributed by atoms with Crippen molar-refractivity contribution in [2.24, 2.45) is 0 Å². The summed E-state index contributed by atoms with van der Waals surface area (Å²) in [5.74, 6) is 1.22. The maximum atomic E-state index is 13.1. The zero-order valence-corrected chi connectivity index (χ0v) is 17.2. The van der Waals surface area contributed by atoms with Crippen molar-refractivity contribution in [1.29, 1.82) is 0 Å². The lowest BCUT2D eigenvalue weighted by Gasteiger charge is -2.30. The molecule has 29 heavy (non-hydrogen) atoms. The van der Waals surface area contributed by atoms with E-state index < -0.39 is 0 Å². The Morgan fingerprint density at radius 3 is 2.66 bits per heavy atom. The third kappa shape index (κ3) is 5.30. The highest BCUT2D eigenvalue weighted by atomic mass is 16.5. The smallest absolute Gasteiger partial charge is 0.328 e. The molecule has 2 aliphatic heterocycles. The van der Waals surface area contributed by atoms with Crippen LogP contribution in [0.25, 0.3) is 0 Å². The molecule has 0 spiro atoms. The summed E-state index contributed by atoms with van der Waals surface area (Å²) in [5, 5.41) is 2.69. The summed E-state index contributed by atoms with van der Waals surface area (Å²) in [5.41, 5.74) is 0.839. The Bertz CT molecular complexity index is 708. The highest BCUT2D eigenvalue weighted by Gasteiger charge is 2.30. The maximum Gasteiger partial charge on any atom is 0.328 e. The molecule has 2 fully saturated rings. The lowest BCUT2D eigenvalue weighted by Crippen LogP contribution is -2.45. The van der Waals surface area contributed by atoms with Gasteiger partial charge in [-0.2, -0.15) is 0 Å². The van der Waals surface area contributed by atoms with Gasteiger partial charge in [0.15, 0.2) is 11.5 Å². The molecule has 0 atom stereocenters. The lowest BCUT2D eigenvalue weighted by molar-refractivity contribution is 0.0362. The Morgan fingerprint density at radius 1 is 1.21 bits per heavy atom. The van der Waals surface area contributed by atoms with Crippen LogP contribution in [-0.4, -0.2) is 93.5 Å². The number of morpholine rings is 1. The highest BCUT2D eigenvalue weighted by Crippen LogP contribution is 2.31. The van der Waals surface area contributed by atoms with Crippen LogP contribution in [0, 0.1) is 0 Å². The first-order valence-electron chi connectivity index (χ1n) is 9.98. The van der Waals surface area contributed by atoms with E-state index in [1.54, 1.807) is 19.1 Å². The molecule has 1 N–H and O–H groups in total. The van der Waals surface area contributed by atoms with Gasteiger partial charge in [0.1, 0.15) is 0 Å². The van der Waals surface area contributed by atoms with Gasteiger partial charge < -0.3 is 24.4 Å². The van der Waals surface area contributed by atoms with Crippen LogP contribution in [0.4, 0.5) is 9.59 Å². The fourth-order valence-corrected chi connectivity index (χ4v) is 3.66. The van der Waals surface area contributed by atoms with Crippen LogP contribution >= 0.6 is 0 Å². The van der Waals surface area contributed by atoms with E-state index >= 15 is 0 Å². The van der Waals surface area contributed by atoms with Gasteiger partial charge in [0.2, 0.25) is 0 Å². The standard InChI is InChI=1S/C20H30N4O5/c1-27-17-6-3-5-16(18(17)28-2)15-23(20(26)24-10-7-21-19(24)25)9-4-8-22-11-13-29-14-12-22/h3,5-6H,4,7-15H2,1-2H3,(H,21,25). The van der Waals surface area contributed by atoms with Gasteiger partial charge >= 0.3 is 12.1 Å². The van der Waals surface area contributed by atoms with E-state index in [9.17, 15) is 9.59 Å². The number of nitrogens with zero attached hydrogens (tertiary/aromatic N) is 3. The highest BCUT2D eigenvalue weighted by molar-refractivity contribution is 5.95. The van der Waals surface area contributed by atoms with Crippen molar-refractivity contribution in [3.63, 3.8) is 0 Å². The van der Waals surface area contributed by atoms with E-state index in [0.29, 0.717) is 37.7 Å². The molecule has 1 aromatic carbocycles. The van der Waals surface area contributed by atoms with Crippen molar-refractivity contribution in [1.82, 2.24) is 20.0 Å². The molecule has 0 unspecified atom stereocenters. The summed E-state index contributed by atoms with van der Waals surface area (Å²) < 4.78 is 16.3. The Labute approximate surface area is 171 Å². The van der Waals surface area contributed by atoms with E-state index in [1.165, 1.54) is 4.90 Å². The third-order valence-corrected chi connectivity index (χ3v) is 5.21. The van der Waals surface area contributed by atoms with Gasteiger partial charge in [-0.15, -0.1) is 0 Å². The number of amides is 4. The molecule has 9 heteroatoms. The van der Waals surface area contributed by atoms with Crippen LogP contribution in [0.5, 0.6) is 11.5 Å². The molecule has 0 radical (unpaired) electrons. The largest absolute Gasteiger partial charge is 0.493 e. The zero-order chi connectivity index (χ0) is 20.6. The van der Waals surface area contributed by atoms with Crippen LogP contribution in [-0.2, 0) is 11.3 Å². The number of carbonyl (C=O) groups excluding carboxylic acids is 2. The molecule has 0 bridgehead atoms. The minimum atomic E-state index is -0.342. The van der Waals surface area contributed by atoms with Crippen molar-refractivity contribution in [3.8, 4) is 11.5 Å². The molecule has 4 amide bonds. The van der Waals surface area contributed by atoms with Crippen molar-refractivity contribution < 1.29 is 23.8 Å². The minimum Gasteiger partial charge on any atom is -0.493 e. The summed E-state index contributed by atoms with van der Waals surface area (Å²) in [4.78, 5) is 30.4. The first-order valence-corrected chi connectivity index (χ1v) is 9.98. The number of methoxy groups -OCH3 is 2. The average molecular weight is 406 g/mol. The van der Waals surface area contributed by atoms with Crippen molar-refractivity contribution in [2.45, 2.75) is 13.0 Å². The number of ether oxygens (including phenoxy) is 3. The topological polar surface area (TPSA) is 83.6 Å². The molecule has 9 nitrogen and oxygen atoms in total. The normalized spacial score (nSPS) is 17.2. The van der Waals surface area contributed by atoms with E-state index in [-0.39, 0.29) is 12.1 Å². The fourth-order valence-electron chi connectivity index (χ4n) is 3.66. The molecule has 2 aliphatic rings. The third-order valence-electron chi connectivity index (χ3n) is 5.21. The summed E-state index contributed by atoms with van der Waals surface area (Å²) in [6, 6.07) is 4.97. The minimum absolute atomic E-state index is 0.285. The first kappa shape index (κ1) is 21.2. The van der Waals surface area contributed by atoms with E-state index in [2.05, 4.69) is 10.2 Å². The molecule has 3 rings (SSSR count). The summed E-state index contributed by atoms with van der Waals surface area (Å²) in [6.07, 6.45) is 0.813. The monoisotopic (exact) mass is 406 g/mol. The molecular formula is C20H30N4O5. The number of para-hydroxylation sites is 1. The van der Waals surface area contributed by atoms with E-state index in [0.717, 1.165) is 44.8 Å². The number of imide groups is 1. The van der Waals surface area contributed by atoms with Crippen LogP contribution in [0.15, 0.2) is 18.2 Å². The Hall–Kier alpha value is -2.52. The second kappa shape index (κ2) is 10.3. The molecular weight excluding hydrogens is 376 g/mol. The SMILES string of the molecule is COc1cccc(CN(CCCN2CCOCC2)C(=O)N2CCNC2=O)c1OC. The van der Waals surface area contributed by atoms with Gasteiger partial charge in [0, 0.05) is 44.8 Å². The van der Waals surface area contributed by atoms with Gasteiger partial charge in [-0.05, 0) is 12.5 Å². The zero-order valence-electron chi connectivity index (χ0n) is 17.2. The number of carbonyl (C=O) groups is 2. The predicted molar refractivity (Wildman–Crippen MR) is 107 cm³/mol. The molecule has 2 saturated heterocycles. The molecule has 1 aromatic rings. The average Bonchev–Trinajstić information content (AvgIpc) is 3.18. The summed E-state index contributed by atoms with van der Waals surface area (Å²) >= 11 is 0. The van der Waals surface area contributed by atoms with Gasteiger partial charge in [-0.3, -0.25) is 4.90 Å². The summed E-state index contributed by atoms with van der Waals surface area (Å²) in [7, 11) is 3.17. The Balaban J connectivity index is 1.71. The van der Waals surface area contributed by atoms with Crippen LogP contribution in [0.3, 0.4) is 0 Å². The number of urea groups is 2. The lowest BCUT2D eigenvalue weighted by atomic mass is 10.1. The van der Waals surface area contributed by atoms with Crippen LogP contribution in [0.1, 0.15) is 12.0 Å². The molecule has 2 heterocycles. The maximum absolute atomic E-state index is 13.1. The van der Waals surface area contributed by atoms with Gasteiger partial charge in [0.25, 0.3) is 0 Å². The van der Waals surface area contributed by atoms with Crippen molar-refractivity contribution in [2.75, 3.05) is 66.7 Å². The van der Waals surface area contributed by atoms with Gasteiger partial charge in [-0.1, -0.05) is 12.1 Å². The van der Waals surface area contributed by atoms with Crippen LogP contribution < -0.4 is 14.8 Å². The van der Waals surface area contributed by atoms with Gasteiger partial charge in [0.05, 0.1) is 34.0 Å². The Kier molecular flexibility index (Phi) is 7.54.